The lowest BCUT2D eigenvalue weighted by molar-refractivity contribution is -0.134. The molecule has 2 saturated carbocycles. The molecule has 0 N–H and O–H groups in total. The summed E-state index contributed by atoms with van der Waals surface area (Å²) in [5.74, 6) is 1.48. The molecule has 0 aliphatic heterocycles. The van der Waals surface area contributed by atoms with Crippen molar-refractivity contribution >= 4 is 21.8 Å². The normalized spacial score (nSPS) is 31.3. The van der Waals surface area contributed by atoms with E-state index in [4.69, 9.17) is 0 Å². The molecule has 2 aliphatic carbocycles. The molecule has 0 spiro atoms. The molecule has 0 bridgehead atoms. The van der Waals surface area contributed by atoms with E-state index in [1.807, 2.05) is 11.9 Å². The molecular formula is C12H20BrNO. The zero-order valence-corrected chi connectivity index (χ0v) is 11.0. The van der Waals surface area contributed by atoms with E-state index in [9.17, 15) is 4.79 Å². The van der Waals surface area contributed by atoms with E-state index >= 15 is 0 Å². The third-order valence-corrected chi connectivity index (χ3v) is 4.54. The number of alkyl halides is 1. The summed E-state index contributed by atoms with van der Waals surface area (Å²) in [6.07, 6.45) is 7.21. The second-order valence-corrected chi connectivity index (χ2v) is 6.43. The Labute approximate surface area is 101 Å². The van der Waals surface area contributed by atoms with E-state index in [-0.39, 0.29) is 0 Å². The van der Waals surface area contributed by atoms with Gasteiger partial charge in [-0.1, -0.05) is 28.8 Å². The van der Waals surface area contributed by atoms with Crippen LogP contribution in [0.1, 0.15) is 38.5 Å². The predicted molar refractivity (Wildman–Crippen MR) is 65.0 cm³/mol. The summed E-state index contributed by atoms with van der Waals surface area (Å²) in [6.45, 7) is 0.970. The van der Waals surface area contributed by atoms with Gasteiger partial charge in [-0.15, -0.1) is 0 Å². The van der Waals surface area contributed by atoms with Crippen LogP contribution in [0.5, 0.6) is 0 Å². The van der Waals surface area contributed by atoms with Crippen LogP contribution in [0.2, 0.25) is 0 Å². The molecular weight excluding hydrogens is 254 g/mol. The maximum absolute atomic E-state index is 12.0. The average molecular weight is 274 g/mol. The van der Waals surface area contributed by atoms with E-state index in [2.05, 4.69) is 15.9 Å². The lowest BCUT2D eigenvalue weighted by Crippen LogP contribution is -2.39. The molecule has 2 aliphatic rings. The lowest BCUT2D eigenvalue weighted by Gasteiger charge is -2.35. The van der Waals surface area contributed by atoms with Crippen LogP contribution in [-0.2, 0) is 4.79 Å². The molecule has 15 heavy (non-hydrogen) atoms. The molecule has 0 radical (unpaired) electrons. The number of hydrogen-bond donors (Lipinski definition) is 0. The number of carbonyl (C=O) groups excluding carboxylic acids is 1. The van der Waals surface area contributed by atoms with Crippen LogP contribution in [0.25, 0.3) is 0 Å². The van der Waals surface area contributed by atoms with Crippen molar-refractivity contribution in [1.29, 1.82) is 0 Å². The van der Waals surface area contributed by atoms with Gasteiger partial charge < -0.3 is 4.90 Å². The molecule has 3 heteroatoms. The lowest BCUT2D eigenvalue weighted by atomic mass is 9.85. The van der Waals surface area contributed by atoms with Gasteiger partial charge in [0.05, 0.1) is 0 Å². The second kappa shape index (κ2) is 4.86. The second-order valence-electron chi connectivity index (χ2n) is 5.13. The number of hydrogen-bond acceptors (Lipinski definition) is 1. The molecule has 0 aromatic heterocycles. The van der Waals surface area contributed by atoms with Crippen molar-refractivity contribution in [1.82, 2.24) is 4.90 Å². The van der Waals surface area contributed by atoms with E-state index in [0.717, 1.165) is 25.3 Å². The van der Waals surface area contributed by atoms with Crippen LogP contribution in [0, 0.1) is 11.8 Å². The van der Waals surface area contributed by atoms with E-state index in [1.54, 1.807) is 0 Å². The molecule has 0 heterocycles. The Hall–Kier alpha value is -0.0500. The van der Waals surface area contributed by atoms with Crippen molar-refractivity contribution in [2.75, 3.05) is 13.6 Å². The van der Waals surface area contributed by atoms with E-state index < -0.39 is 0 Å². The molecule has 0 aromatic rings. The van der Waals surface area contributed by atoms with Gasteiger partial charge in [0.15, 0.2) is 0 Å². The maximum atomic E-state index is 12.0. The Morgan fingerprint density at radius 1 is 1.33 bits per heavy atom. The SMILES string of the molecule is CN(CC1CC(Br)C1)C(=O)C1CCCC1. The summed E-state index contributed by atoms with van der Waals surface area (Å²) in [5.41, 5.74) is 0. The Morgan fingerprint density at radius 2 is 1.93 bits per heavy atom. The van der Waals surface area contributed by atoms with Crippen LogP contribution < -0.4 is 0 Å². The Morgan fingerprint density at radius 3 is 2.47 bits per heavy atom. The fourth-order valence-corrected chi connectivity index (χ4v) is 3.82. The topological polar surface area (TPSA) is 20.3 Å². The van der Waals surface area contributed by atoms with Crippen molar-refractivity contribution in [2.45, 2.75) is 43.4 Å². The zero-order chi connectivity index (χ0) is 10.8. The summed E-state index contributed by atoms with van der Waals surface area (Å²) in [4.78, 5) is 14.7. The van der Waals surface area contributed by atoms with Crippen molar-refractivity contribution in [3.05, 3.63) is 0 Å². The molecule has 0 aromatic carbocycles. The molecule has 0 unspecified atom stereocenters. The van der Waals surface area contributed by atoms with Crippen LogP contribution in [0.15, 0.2) is 0 Å². The summed E-state index contributed by atoms with van der Waals surface area (Å²) >= 11 is 3.59. The fourth-order valence-electron chi connectivity index (χ4n) is 2.77. The van der Waals surface area contributed by atoms with Crippen molar-refractivity contribution in [3.63, 3.8) is 0 Å². The quantitative estimate of drug-likeness (QED) is 0.725. The maximum Gasteiger partial charge on any atom is 0.225 e. The number of carbonyl (C=O) groups is 1. The summed E-state index contributed by atoms with van der Waals surface area (Å²) < 4.78 is 0. The third-order valence-electron chi connectivity index (χ3n) is 3.79. The first-order valence-electron chi connectivity index (χ1n) is 6.06. The van der Waals surface area contributed by atoms with Crippen molar-refractivity contribution in [3.8, 4) is 0 Å². The molecule has 0 atom stereocenters. The summed E-state index contributed by atoms with van der Waals surface area (Å²) in [7, 11) is 1.97. The monoisotopic (exact) mass is 273 g/mol. The third kappa shape index (κ3) is 2.74. The molecule has 1 amide bonds. The highest BCUT2D eigenvalue weighted by atomic mass is 79.9. The molecule has 2 rings (SSSR count). The first-order valence-corrected chi connectivity index (χ1v) is 6.97. The van der Waals surface area contributed by atoms with Gasteiger partial charge in [-0.05, 0) is 31.6 Å². The molecule has 2 fully saturated rings. The van der Waals surface area contributed by atoms with Gasteiger partial charge in [-0.3, -0.25) is 4.79 Å². The summed E-state index contributed by atoms with van der Waals surface area (Å²) in [6, 6.07) is 0. The minimum absolute atomic E-state index is 0.342. The fraction of sp³-hybridized carbons (Fsp3) is 0.917. The van der Waals surface area contributed by atoms with E-state index in [0.29, 0.717) is 16.7 Å². The minimum Gasteiger partial charge on any atom is -0.345 e. The predicted octanol–water partition coefficient (Wildman–Crippen LogP) is 2.81. The van der Waals surface area contributed by atoms with E-state index in [1.165, 1.54) is 25.7 Å². The van der Waals surface area contributed by atoms with Gasteiger partial charge in [-0.25, -0.2) is 0 Å². The van der Waals surface area contributed by atoms with Crippen molar-refractivity contribution < 1.29 is 4.79 Å². The molecule has 86 valence electrons. The standard InChI is InChI=1S/C12H20BrNO/c1-14(8-9-6-11(13)7-9)12(15)10-4-2-3-5-10/h9-11H,2-8H2,1H3. The number of halogens is 1. The highest BCUT2D eigenvalue weighted by Gasteiger charge is 2.31. The number of amides is 1. The van der Waals surface area contributed by atoms with Gasteiger partial charge in [0.1, 0.15) is 0 Å². The van der Waals surface area contributed by atoms with Crippen LogP contribution in [-0.4, -0.2) is 29.2 Å². The molecule has 0 saturated heterocycles. The van der Waals surface area contributed by atoms with Crippen molar-refractivity contribution in [2.24, 2.45) is 11.8 Å². The smallest absolute Gasteiger partial charge is 0.225 e. The first-order chi connectivity index (χ1) is 7.16. The Balaban J connectivity index is 1.74. The van der Waals surface area contributed by atoms with Gasteiger partial charge in [0.2, 0.25) is 5.91 Å². The highest BCUT2D eigenvalue weighted by molar-refractivity contribution is 9.09. The minimum atomic E-state index is 0.342. The van der Waals surface area contributed by atoms with Gasteiger partial charge in [-0.2, -0.15) is 0 Å². The highest BCUT2D eigenvalue weighted by Crippen LogP contribution is 2.34. The Bertz CT molecular complexity index is 232. The largest absolute Gasteiger partial charge is 0.345 e. The van der Waals surface area contributed by atoms with Gasteiger partial charge in [0, 0.05) is 24.3 Å². The van der Waals surface area contributed by atoms with Gasteiger partial charge >= 0.3 is 0 Å². The average Bonchev–Trinajstić information content (AvgIpc) is 2.66. The zero-order valence-electron chi connectivity index (χ0n) is 9.42. The summed E-state index contributed by atoms with van der Waals surface area (Å²) in [5, 5.41) is 0. The molecule has 2 nitrogen and oxygen atoms in total. The number of nitrogens with zero attached hydrogens (tertiary/aromatic N) is 1. The van der Waals surface area contributed by atoms with Gasteiger partial charge in [0.25, 0.3) is 0 Å². The van der Waals surface area contributed by atoms with Crippen LogP contribution in [0.4, 0.5) is 0 Å². The van der Waals surface area contributed by atoms with Crippen LogP contribution in [0.3, 0.4) is 0 Å². The first kappa shape index (κ1) is 11.4. The van der Waals surface area contributed by atoms with Crippen LogP contribution >= 0.6 is 15.9 Å². The number of rotatable bonds is 3. The Kier molecular flexibility index (Phi) is 3.70.